The van der Waals surface area contributed by atoms with Gasteiger partial charge in [-0.05, 0) is 24.5 Å². The number of aromatic nitrogens is 2. The Hall–Kier alpha value is -1.88. The molecule has 1 aromatic carbocycles. The molecule has 1 amide bonds. The monoisotopic (exact) mass is 347 g/mol. The van der Waals surface area contributed by atoms with Crippen LogP contribution in [0.1, 0.15) is 67.1 Å². The summed E-state index contributed by atoms with van der Waals surface area (Å²) in [5.74, 6) is 0.142. The first kappa shape index (κ1) is 17.0. The van der Waals surface area contributed by atoms with Crippen LogP contribution in [-0.4, -0.2) is 22.1 Å². The van der Waals surface area contributed by atoms with Crippen LogP contribution in [0, 0.1) is 0 Å². The number of hydrogen-bond acceptors (Lipinski definition) is 4. The predicted molar refractivity (Wildman–Crippen MR) is 92.1 cm³/mol. The second-order valence-electron chi connectivity index (χ2n) is 6.28. The number of hydrogen-bond donors (Lipinski definition) is 1. The number of amides is 1. The first-order chi connectivity index (χ1) is 11.7. The molecule has 0 atom stereocenters. The van der Waals surface area contributed by atoms with Crippen LogP contribution in [0.5, 0.6) is 0 Å². The molecule has 3 rings (SSSR count). The molecule has 0 aliphatic heterocycles. The van der Waals surface area contributed by atoms with Crippen molar-refractivity contribution in [1.29, 1.82) is 0 Å². The van der Waals surface area contributed by atoms with Crippen molar-refractivity contribution in [3.63, 3.8) is 0 Å². The largest absolute Gasteiger partial charge is 0.417 e. The average molecular weight is 348 g/mol. The molecular weight excluding hydrogens is 326 g/mol. The van der Waals surface area contributed by atoms with Crippen molar-refractivity contribution in [1.82, 2.24) is 15.5 Å². The van der Waals surface area contributed by atoms with E-state index in [9.17, 15) is 4.79 Å². The van der Waals surface area contributed by atoms with Crippen molar-refractivity contribution >= 4 is 17.5 Å². The molecule has 5 nitrogen and oxygen atoms in total. The summed E-state index contributed by atoms with van der Waals surface area (Å²) >= 11 is 6.13. The van der Waals surface area contributed by atoms with Gasteiger partial charge in [-0.2, -0.15) is 0 Å². The standard InChI is InChI=1S/C18H22ClN3O2/c19-15-11-7-6-8-13(15)12-16-21-22-18(24-16)17(23)20-14-9-4-2-1-3-5-10-14/h6-8,11,14H,1-5,9-10,12H2,(H,20,23). The molecule has 1 heterocycles. The lowest BCUT2D eigenvalue weighted by molar-refractivity contribution is 0.0893. The van der Waals surface area contributed by atoms with E-state index in [0.717, 1.165) is 31.2 Å². The van der Waals surface area contributed by atoms with Crippen molar-refractivity contribution in [2.24, 2.45) is 0 Å². The lowest BCUT2D eigenvalue weighted by Gasteiger charge is -2.19. The smallest absolute Gasteiger partial charge is 0.309 e. The summed E-state index contributed by atoms with van der Waals surface area (Å²) in [7, 11) is 0. The van der Waals surface area contributed by atoms with Crippen LogP contribution in [-0.2, 0) is 6.42 Å². The summed E-state index contributed by atoms with van der Waals surface area (Å²) in [6, 6.07) is 7.70. The Morgan fingerprint density at radius 3 is 2.58 bits per heavy atom. The van der Waals surface area contributed by atoms with Gasteiger partial charge in [0, 0.05) is 11.1 Å². The lowest BCUT2D eigenvalue weighted by atomic mass is 9.97. The Morgan fingerprint density at radius 1 is 1.12 bits per heavy atom. The summed E-state index contributed by atoms with van der Waals surface area (Å²) in [6.07, 6.45) is 8.57. The highest BCUT2D eigenvalue weighted by Gasteiger charge is 2.20. The summed E-state index contributed by atoms with van der Waals surface area (Å²) < 4.78 is 5.51. The van der Waals surface area contributed by atoms with Gasteiger partial charge in [0.15, 0.2) is 0 Å². The van der Waals surface area contributed by atoms with Crippen LogP contribution < -0.4 is 5.32 Å². The van der Waals surface area contributed by atoms with E-state index in [1.54, 1.807) is 0 Å². The fraction of sp³-hybridized carbons (Fsp3) is 0.500. The minimum absolute atomic E-state index is 0.0270. The molecule has 128 valence electrons. The zero-order chi connectivity index (χ0) is 16.8. The highest BCUT2D eigenvalue weighted by molar-refractivity contribution is 6.31. The maximum Gasteiger partial charge on any atom is 0.309 e. The van der Waals surface area contributed by atoms with Crippen LogP contribution >= 0.6 is 11.6 Å². The summed E-state index contributed by atoms with van der Waals surface area (Å²) in [6.45, 7) is 0. The SMILES string of the molecule is O=C(NC1CCCCCCC1)c1nnc(Cc2ccccc2Cl)o1. The fourth-order valence-corrected chi connectivity index (χ4v) is 3.27. The molecule has 24 heavy (non-hydrogen) atoms. The molecule has 1 saturated carbocycles. The van der Waals surface area contributed by atoms with Gasteiger partial charge < -0.3 is 9.73 Å². The number of halogens is 1. The fourth-order valence-electron chi connectivity index (χ4n) is 3.07. The summed E-state index contributed by atoms with van der Waals surface area (Å²) in [4.78, 5) is 12.3. The van der Waals surface area contributed by atoms with E-state index in [-0.39, 0.29) is 17.8 Å². The number of rotatable bonds is 4. The topological polar surface area (TPSA) is 68.0 Å². The number of carbonyl (C=O) groups is 1. The van der Waals surface area contributed by atoms with Crippen LogP contribution in [0.2, 0.25) is 5.02 Å². The van der Waals surface area contributed by atoms with E-state index in [1.807, 2.05) is 24.3 Å². The van der Waals surface area contributed by atoms with E-state index < -0.39 is 0 Å². The van der Waals surface area contributed by atoms with Crippen molar-refractivity contribution in [3.05, 3.63) is 46.6 Å². The van der Waals surface area contributed by atoms with Crippen molar-refractivity contribution < 1.29 is 9.21 Å². The highest BCUT2D eigenvalue weighted by Crippen LogP contribution is 2.19. The van der Waals surface area contributed by atoms with Crippen LogP contribution in [0.4, 0.5) is 0 Å². The molecule has 0 radical (unpaired) electrons. The number of nitrogens with zero attached hydrogens (tertiary/aromatic N) is 2. The molecule has 2 aromatic rings. The second-order valence-corrected chi connectivity index (χ2v) is 6.69. The molecule has 1 aromatic heterocycles. The molecule has 0 spiro atoms. The van der Waals surface area contributed by atoms with E-state index in [4.69, 9.17) is 16.0 Å². The number of carbonyl (C=O) groups excluding carboxylic acids is 1. The van der Waals surface area contributed by atoms with Gasteiger partial charge in [-0.3, -0.25) is 4.79 Å². The van der Waals surface area contributed by atoms with E-state index in [1.165, 1.54) is 19.3 Å². The number of nitrogens with one attached hydrogen (secondary N) is 1. The lowest BCUT2D eigenvalue weighted by Crippen LogP contribution is -2.35. The number of benzene rings is 1. The zero-order valence-corrected chi connectivity index (χ0v) is 14.4. The molecule has 0 saturated heterocycles. The minimum atomic E-state index is -0.279. The molecule has 1 fully saturated rings. The van der Waals surface area contributed by atoms with Gasteiger partial charge in [-0.25, -0.2) is 0 Å². The third kappa shape index (κ3) is 4.57. The van der Waals surface area contributed by atoms with Crippen molar-refractivity contribution in [2.45, 2.75) is 57.4 Å². The van der Waals surface area contributed by atoms with Gasteiger partial charge in [0.05, 0.1) is 6.42 Å². The first-order valence-electron chi connectivity index (χ1n) is 8.59. The normalized spacial score (nSPS) is 16.4. The van der Waals surface area contributed by atoms with Crippen molar-refractivity contribution in [3.8, 4) is 0 Å². The van der Waals surface area contributed by atoms with Crippen molar-refractivity contribution in [2.75, 3.05) is 0 Å². The Kier molecular flexibility index (Phi) is 5.86. The minimum Gasteiger partial charge on any atom is -0.417 e. The van der Waals surface area contributed by atoms with Crippen LogP contribution in [0.25, 0.3) is 0 Å². The highest BCUT2D eigenvalue weighted by atomic mass is 35.5. The molecular formula is C18H22ClN3O2. The zero-order valence-electron chi connectivity index (χ0n) is 13.6. The van der Waals surface area contributed by atoms with Gasteiger partial charge >= 0.3 is 11.8 Å². The molecule has 1 aliphatic carbocycles. The van der Waals surface area contributed by atoms with Gasteiger partial charge in [0.25, 0.3) is 0 Å². The first-order valence-corrected chi connectivity index (χ1v) is 8.97. The second kappa shape index (κ2) is 8.29. The molecule has 0 unspecified atom stereocenters. The summed E-state index contributed by atoms with van der Waals surface area (Å²) in [5.41, 5.74) is 0.898. The van der Waals surface area contributed by atoms with E-state index >= 15 is 0 Å². The molecule has 6 heteroatoms. The third-order valence-electron chi connectivity index (χ3n) is 4.40. The summed E-state index contributed by atoms with van der Waals surface area (Å²) in [5, 5.41) is 11.5. The van der Waals surface area contributed by atoms with Crippen LogP contribution in [0.15, 0.2) is 28.7 Å². The maximum atomic E-state index is 12.3. The van der Waals surface area contributed by atoms with Crippen LogP contribution in [0.3, 0.4) is 0 Å². The predicted octanol–water partition coefficient (Wildman–Crippen LogP) is 4.16. The quantitative estimate of drug-likeness (QED) is 0.901. The Labute approximate surface area is 146 Å². The molecule has 1 N–H and O–H groups in total. The van der Waals surface area contributed by atoms with E-state index in [0.29, 0.717) is 17.3 Å². The average Bonchev–Trinajstić information content (AvgIpc) is 3.01. The molecule has 0 bridgehead atoms. The van der Waals surface area contributed by atoms with Gasteiger partial charge in [-0.15, -0.1) is 10.2 Å². The Bertz CT molecular complexity index is 678. The Balaban J connectivity index is 1.60. The van der Waals surface area contributed by atoms with Gasteiger partial charge in [0.1, 0.15) is 0 Å². The van der Waals surface area contributed by atoms with E-state index in [2.05, 4.69) is 15.5 Å². The molecule has 1 aliphatic rings. The maximum absolute atomic E-state index is 12.3. The Morgan fingerprint density at radius 2 is 1.83 bits per heavy atom. The van der Waals surface area contributed by atoms with Gasteiger partial charge in [-0.1, -0.05) is 61.9 Å². The van der Waals surface area contributed by atoms with Gasteiger partial charge in [0.2, 0.25) is 5.89 Å². The third-order valence-corrected chi connectivity index (χ3v) is 4.77.